The standard InChI is InChI=1S/C46H52O5/c1-30-3-9-33(10-4-30)36-15-19-38(20-16-36)35-13-7-32(8-14-35)27-48-42-28-49-45-43(29-50-44(42)45)51-46(47)41-25-23-40(24-26-41)39-21-17-37(18-22-39)34-11-5-31(2)6-12-34/h7-8,13-26,30-31,33-34,42-45H,3-6,9-12,27-29H2,1-2H3/t30?,31?,33?,34?,42-,43+,44+,45+/m0/s1. The average molecular weight is 685 g/mol. The predicted molar refractivity (Wildman–Crippen MR) is 202 cm³/mol. The van der Waals surface area contributed by atoms with Crippen molar-refractivity contribution in [1.82, 2.24) is 0 Å². The Balaban J connectivity index is 0.803. The second-order valence-electron chi connectivity index (χ2n) is 15.8. The zero-order chi connectivity index (χ0) is 34.7. The normalized spacial score (nSPS) is 29.1. The first kappa shape index (κ1) is 34.3. The fraction of sp³-hybridized carbons (Fsp3) is 0.457. The highest BCUT2D eigenvalue weighted by atomic mass is 16.7. The average Bonchev–Trinajstić information content (AvgIpc) is 3.78. The van der Waals surface area contributed by atoms with Crippen molar-refractivity contribution in [3.05, 3.63) is 119 Å². The molecule has 0 aromatic heterocycles. The predicted octanol–water partition coefficient (Wildman–Crippen LogP) is 10.5. The lowest BCUT2D eigenvalue weighted by atomic mass is 9.79. The van der Waals surface area contributed by atoms with Gasteiger partial charge in [0.2, 0.25) is 0 Å². The van der Waals surface area contributed by atoms with Crippen molar-refractivity contribution < 1.29 is 23.7 Å². The van der Waals surface area contributed by atoms with E-state index < -0.39 is 6.10 Å². The molecule has 0 N–H and O–H groups in total. The fourth-order valence-electron chi connectivity index (χ4n) is 8.76. The Hall–Kier alpha value is -3.77. The first-order valence-electron chi connectivity index (χ1n) is 19.4. The molecular weight excluding hydrogens is 633 g/mol. The van der Waals surface area contributed by atoms with E-state index in [1.165, 1.54) is 73.6 Å². The number of esters is 1. The van der Waals surface area contributed by atoms with Crippen LogP contribution in [0.25, 0.3) is 22.3 Å². The molecule has 51 heavy (non-hydrogen) atoms. The van der Waals surface area contributed by atoms with Crippen molar-refractivity contribution in [2.45, 2.75) is 108 Å². The van der Waals surface area contributed by atoms with Gasteiger partial charge in [-0.1, -0.05) is 124 Å². The van der Waals surface area contributed by atoms with Crippen molar-refractivity contribution in [3.63, 3.8) is 0 Å². The second-order valence-corrected chi connectivity index (χ2v) is 15.8. The largest absolute Gasteiger partial charge is 0.453 e. The van der Waals surface area contributed by atoms with Crippen LogP contribution in [0, 0.1) is 11.8 Å². The van der Waals surface area contributed by atoms with Gasteiger partial charge in [0.1, 0.15) is 18.3 Å². The van der Waals surface area contributed by atoms with Crippen molar-refractivity contribution in [2.75, 3.05) is 13.2 Å². The minimum absolute atomic E-state index is 0.207. The number of rotatable bonds is 9. The van der Waals surface area contributed by atoms with E-state index in [2.05, 4.69) is 86.6 Å². The summed E-state index contributed by atoms with van der Waals surface area (Å²) in [6.45, 7) is 5.93. The molecule has 266 valence electrons. The summed E-state index contributed by atoms with van der Waals surface area (Å²) < 4.78 is 24.3. The van der Waals surface area contributed by atoms with Gasteiger partial charge >= 0.3 is 5.97 Å². The number of hydrogen-bond acceptors (Lipinski definition) is 5. The molecule has 8 rings (SSSR count). The highest BCUT2D eigenvalue weighted by molar-refractivity contribution is 5.90. The van der Waals surface area contributed by atoms with E-state index in [4.69, 9.17) is 18.9 Å². The van der Waals surface area contributed by atoms with Crippen molar-refractivity contribution >= 4 is 5.97 Å². The summed E-state index contributed by atoms with van der Waals surface area (Å²) in [5.41, 5.74) is 9.26. The van der Waals surface area contributed by atoms with Crippen molar-refractivity contribution in [3.8, 4) is 22.3 Å². The van der Waals surface area contributed by atoms with Crippen LogP contribution < -0.4 is 0 Å². The Labute approximate surface area is 303 Å². The lowest BCUT2D eigenvalue weighted by Gasteiger charge is -2.26. The molecule has 0 unspecified atom stereocenters. The van der Waals surface area contributed by atoms with Gasteiger partial charge in [0.05, 0.1) is 25.4 Å². The monoisotopic (exact) mass is 684 g/mol. The third kappa shape index (κ3) is 7.87. The SMILES string of the molecule is CC1CCC(c2ccc(-c3ccc(CO[C@H]4CO[C@H]5[C@@H]4OC[C@H]5OC(=O)c4ccc(-c5ccc(C6CCC(C)CC6)cc5)cc4)cc3)cc2)CC1. The molecule has 5 nitrogen and oxygen atoms in total. The van der Waals surface area contributed by atoms with Crippen LogP contribution in [0.2, 0.25) is 0 Å². The van der Waals surface area contributed by atoms with Crippen LogP contribution in [0.4, 0.5) is 0 Å². The highest BCUT2D eigenvalue weighted by Gasteiger charge is 2.50. The van der Waals surface area contributed by atoms with E-state index in [1.807, 2.05) is 24.3 Å². The lowest BCUT2D eigenvalue weighted by molar-refractivity contribution is -0.0471. The van der Waals surface area contributed by atoms with Crippen LogP contribution in [0.15, 0.2) is 97.1 Å². The number of carbonyl (C=O) groups excluding carboxylic acids is 1. The van der Waals surface area contributed by atoms with Gasteiger partial charge in [-0.2, -0.15) is 0 Å². The molecule has 0 amide bonds. The zero-order valence-corrected chi connectivity index (χ0v) is 30.2. The molecule has 2 heterocycles. The highest BCUT2D eigenvalue weighted by Crippen LogP contribution is 2.38. The van der Waals surface area contributed by atoms with Crippen LogP contribution in [0.1, 0.15) is 104 Å². The summed E-state index contributed by atoms with van der Waals surface area (Å²) >= 11 is 0. The van der Waals surface area contributed by atoms with Gasteiger partial charge in [-0.15, -0.1) is 0 Å². The number of benzene rings is 4. The van der Waals surface area contributed by atoms with Gasteiger partial charge < -0.3 is 18.9 Å². The molecule has 4 atom stereocenters. The van der Waals surface area contributed by atoms with Gasteiger partial charge in [-0.3, -0.25) is 0 Å². The Kier molecular flexibility index (Phi) is 10.4. The van der Waals surface area contributed by atoms with E-state index in [1.54, 1.807) is 0 Å². The Bertz CT molecular complexity index is 1730. The second kappa shape index (κ2) is 15.5. The Morgan fingerprint density at radius 2 is 0.961 bits per heavy atom. The van der Waals surface area contributed by atoms with Crippen molar-refractivity contribution in [2.24, 2.45) is 11.8 Å². The summed E-state index contributed by atoms with van der Waals surface area (Å²) in [7, 11) is 0. The topological polar surface area (TPSA) is 54.0 Å². The molecule has 2 aliphatic heterocycles. The molecule has 5 heteroatoms. The number of fused-ring (bicyclic) bond motifs is 1. The smallest absolute Gasteiger partial charge is 0.338 e. The molecular formula is C46H52O5. The van der Waals surface area contributed by atoms with E-state index in [0.717, 1.165) is 28.5 Å². The minimum Gasteiger partial charge on any atom is -0.453 e. The van der Waals surface area contributed by atoms with Gasteiger partial charge in [-0.05, 0) is 100 Å². The maximum atomic E-state index is 13.1. The van der Waals surface area contributed by atoms with Crippen LogP contribution in [-0.4, -0.2) is 43.6 Å². The summed E-state index contributed by atoms with van der Waals surface area (Å²) in [6.07, 6.45) is 9.27. The molecule has 0 spiro atoms. The van der Waals surface area contributed by atoms with Gasteiger partial charge in [-0.25, -0.2) is 4.79 Å². The molecule has 4 aromatic carbocycles. The first-order chi connectivity index (χ1) is 25.0. The lowest BCUT2D eigenvalue weighted by Crippen LogP contribution is -2.35. The minimum atomic E-state index is -0.460. The molecule has 4 aromatic rings. The van der Waals surface area contributed by atoms with E-state index in [9.17, 15) is 4.79 Å². The third-order valence-electron chi connectivity index (χ3n) is 12.2. The van der Waals surface area contributed by atoms with E-state index >= 15 is 0 Å². The van der Waals surface area contributed by atoms with Gasteiger partial charge in [0.25, 0.3) is 0 Å². The Morgan fingerprint density at radius 3 is 1.45 bits per heavy atom. The number of ether oxygens (including phenoxy) is 4. The first-order valence-corrected chi connectivity index (χ1v) is 19.4. The summed E-state index contributed by atoms with van der Waals surface area (Å²) in [5.74, 6) is 2.76. The number of hydrogen-bond donors (Lipinski definition) is 0. The zero-order valence-electron chi connectivity index (χ0n) is 30.2. The molecule has 2 aliphatic carbocycles. The van der Waals surface area contributed by atoms with Crippen molar-refractivity contribution in [1.29, 1.82) is 0 Å². The van der Waals surface area contributed by atoms with Gasteiger partial charge in [0.15, 0.2) is 6.10 Å². The summed E-state index contributed by atoms with van der Waals surface area (Å²) in [4.78, 5) is 13.1. The van der Waals surface area contributed by atoms with E-state index in [-0.39, 0.29) is 24.3 Å². The quantitative estimate of drug-likeness (QED) is 0.164. The number of carbonyl (C=O) groups is 1. The summed E-state index contributed by atoms with van der Waals surface area (Å²) in [6, 6.07) is 34.5. The molecule has 0 bridgehead atoms. The summed E-state index contributed by atoms with van der Waals surface area (Å²) in [5, 5.41) is 0. The van der Waals surface area contributed by atoms with Crippen LogP contribution >= 0.6 is 0 Å². The maximum absolute atomic E-state index is 13.1. The fourth-order valence-corrected chi connectivity index (χ4v) is 8.76. The third-order valence-corrected chi connectivity index (χ3v) is 12.2. The van der Waals surface area contributed by atoms with E-state index in [0.29, 0.717) is 37.2 Å². The molecule has 2 saturated carbocycles. The maximum Gasteiger partial charge on any atom is 0.338 e. The molecule has 4 aliphatic rings. The Morgan fingerprint density at radius 1 is 0.549 bits per heavy atom. The molecule has 2 saturated heterocycles. The van der Waals surface area contributed by atoms with Gasteiger partial charge in [0, 0.05) is 0 Å². The molecule has 0 radical (unpaired) electrons. The van der Waals surface area contributed by atoms with Crippen LogP contribution in [0.3, 0.4) is 0 Å². The molecule has 4 fully saturated rings. The van der Waals surface area contributed by atoms with Crippen LogP contribution in [0.5, 0.6) is 0 Å². The van der Waals surface area contributed by atoms with Crippen LogP contribution in [-0.2, 0) is 25.6 Å².